The van der Waals surface area contributed by atoms with Crippen LogP contribution in [0.15, 0.2) is 30.3 Å². The fourth-order valence-corrected chi connectivity index (χ4v) is 0.903. The SMILES string of the molecule is CN(Cc1ccccc1)NN. The average Bonchev–Trinajstić information content (AvgIpc) is 2.06. The molecule has 0 aromatic heterocycles. The van der Waals surface area contributed by atoms with E-state index in [4.69, 9.17) is 5.84 Å². The Kier molecular flexibility index (Phi) is 3.04. The maximum absolute atomic E-state index is 5.20. The molecule has 0 atom stereocenters. The second kappa shape index (κ2) is 4.08. The first-order valence-electron chi connectivity index (χ1n) is 3.54. The van der Waals surface area contributed by atoms with Gasteiger partial charge in [0.05, 0.1) is 0 Å². The van der Waals surface area contributed by atoms with Crippen molar-refractivity contribution in [3.63, 3.8) is 0 Å². The molecule has 0 saturated carbocycles. The predicted octanol–water partition coefficient (Wildman–Crippen LogP) is 0.497. The van der Waals surface area contributed by atoms with E-state index in [1.807, 2.05) is 30.3 Å². The predicted molar refractivity (Wildman–Crippen MR) is 45.2 cm³/mol. The first kappa shape index (κ1) is 8.20. The highest BCUT2D eigenvalue weighted by Crippen LogP contribution is 1.99. The fourth-order valence-electron chi connectivity index (χ4n) is 0.903. The zero-order chi connectivity index (χ0) is 8.10. The largest absolute Gasteiger partial charge is 0.258 e. The summed E-state index contributed by atoms with van der Waals surface area (Å²) in [5.74, 6) is 5.20. The zero-order valence-electron chi connectivity index (χ0n) is 6.62. The van der Waals surface area contributed by atoms with Gasteiger partial charge >= 0.3 is 0 Å². The number of hydrogen-bond acceptors (Lipinski definition) is 3. The molecule has 0 radical (unpaired) electrons. The molecular formula is C8H13N3. The number of hydrazine groups is 2. The van der Waals surface area contributed by atoms with E-state index < -0.39 is 0 Å². The standard InChI is InChI=1S/C8H13N3/c1-11(10-9)7-8-5-3-2-4-6-8/h2-6,10H,7,9H2,1H3. The van der Waals surface area contributed by atoms with Crippen molar-refractivity contribution in [2.24, 2.45) is 5.84 Å². The molecule has 11 heavy (non-hydrogen) atoms. The third-order valence-electron chi connectivity index (χ3n) is 1.48. The number of nitrogens with one attached hydrogen (secondary N) is 1. The van der Waals surface area contributed by atoms with Crippen LogP contribution in [0.2, 0.25) is 0 Å². The quantitative estimate of drug-likeness (QED) is 0.488. The van der Waals surface area contributed by atoms with Crippen LogP contribution < -0.4 is 11.4 Å². The maximum atomic E-state index is 5.20. The number of nitrogens with two attached hydrogens (primary N) is 1. The summed E-state index contributed by atoms with van der Waals surface area (Å²) < 4.78 is 0. The molecule has 1 aromatic carbocycles. The molecule has 0 bridgehead atoms. The lowest BCUT2D eigenvalue weighted by Gasteiger charge is -2.13. The van der Waals surface area contributed by atoms with Crippen molar-refractivity contribution in [1.29, 1.82) is 0 Å². The van der Waals surface area contributed by atoms with Gasteiger partial charge in [-0.3, -0.25) is 5.84 Å². The van der Waals surface area contributed by atoms with Gasteiger partial charge < -0.3 is 0 Å². The molecule has 0 fully saturated rings. The van der Waals surface area contributed by atoms with Crippen LogP contribution in [0.25, 0.3) is 0 Å². The first-order valence-corrected chi connectivity index (χ1v) is 3.54. The second-order valence-corrected chi connectivity index (χ2v) is 2.47. The first-order chi connectivity index (χ1) is 5.33. The Labute approximate surface area is 66.8 Å². The van der Waals surface area contributed by atoms with E-state index in [0.29, 0.717) is 0 Å². The van der Waals surface area contributed by atoms with Crippen molar-refractivity contribution in [1.82, 2.24) is 10.5 Å². The van der Waals surface area contributed by atoms with Gasteiger partial charge in [-0.15, -0.1) is 0 Å². The Morgan fingerprint density at radius 1 is 1.36 bits per heavy atom. The van der Waals surface area contributed by atoms with Crippen molar-refractivity contribution in [3.05, 3.63) is 35.9 Å². The van der Waals surface area contributed by atoms with E-state index in [1.165, 1.54) is 5.56 Å². The zero-order valence-corrected chi connectivity index (χ0v) is 6.62. The van der Waals surface area contributed by atoms with Gasteiger partial charge in [-0.25, -0.2) is 5.01 Å². The summed E-state index contributed by atoms with van der Waals surface area (Å²) in [4.78, 5) is 0. The summed E-state index contributed by atoms with van der Waals surface area (Å²) in [5.41, 5.74) is 3.79. The Morgan fingerprint density at radius 3 is 2.55 bits per heavy atom. The smallest absolute Gasteiger partial charge is 0.0391 e. The Balaban J connectivity index is 2.51. The lowest BCUT2D eigenvalue weighted by molar-refractivity contribution is 0.230. The summed E-state index contributed by atoms with van der Waals surface area (Å²) in [5, 5.41) is 1.81. The summed E-state index contributed by atoms with van der Waals surface area (Å²) in [7, 11) is 1.90. The third kappa shape index (κ3) is 2.67. The molecular weight excluding hydrogens is 138 g/mol. The molecule has 0 aliphatic carbocycles. The number of benzene rings is 1. The lowest BCUT2D eigenvalue weighted by atomic mass is 10.2. The van der Waals surface area contributed by atoms with E-state index in [2.05, 4.69) is 17.7 Å². The van der Waals surface area contributed by atoms with Crippen LogP contribution in [0.1, 0.15) is 5.56 Å². The van der Waals surface area contributed by atoms with Gasteiger partial charge in [0.1, 0.15) is 0 Å². The van der Waals surface area contributed by atoms with Crippen molar-refractivity contribution < 1.29 is 0 Å². The summed E-state index contributed by atoms with van der Waals surface area (Å²) >= 11 is 0. The molecule has 0 amide bonds. The van der Waals surface area contributed by atoms with E-state index >= 15 is 0 Å². The minimum Gasteiger partial charge on any atom is -0.258 e. The molecule has 0 aliphatic heterocycles. The van der Waals surface area contributed by atoms with Crippen LogP contribution in [0.4, 0.5) is 0 Å². The Morgan fingerprint density at radius 2 is 2.00 bits per heavy atom. The van der Waals surface area contributed by atoms with Crippen LogP contribution in [-0.2, 0) is 6.54 Å². The minimum atomic E-state index is 0.817. The van der Waals surface area contributed by atoms with Crippen LogP contribution >= 0.6 is 0 Å². The normalized spacial score (nSPS) is 10.5. The minimum absolute atomic E-state index is 0.817. The van der Waals surface area contributed by atoms with Crippen molar-refractivity contribution in [3.8, 4) is 0 Å². The molecule has 0 aliphatic rings. The molecule has 0 spiro atoms. The van der Waals surface area contributed by atoms with Crippen molar-refractivity contribution in [2.75, 3.05) is 7.05 Å². The third-order valence-corrected chi connectivity index (χ3v) is 1.48. The van der Waals surface area contributed by atoms with E-state index in [1.54, 1.807) is 0 Å². The van der Waals surface area contributed by atoms with Crippen molar-refractivity contribution in [2.45, 2.75) is 6.54 Å². The monoisotopic (exact) mass is 151 g/mol. The lowest BCUT2D eigenvalue weighted by Crippen LogP contribution is -2.39. The summed E-state index contributed by atoms with van der Waals surface area (Å²) in [6.07, 6.45) is 0. The molecule has 3 nitrogen and oxygen atoms in total. The highest BCUT2D eigenvalue weighted by molar-refractivity contribution is 5.13. The van der Waals surface area contributed by atoms with Crippen LogP contribution in [0, 0.1) is 0 Å². The van der Waals surface area contributed by atoms with Gasteiger partial charge in [0.2, 0.25) is 0 Å². The molecule has 1 rings (SSSR count). The second-order valence-electron chi connectivity index (χ2n) is 2.47. The summed E-state index contributed by atoms with van der Waals surface area (Å²) in [6.45, 7) is 0.817. The molecule has 0 saturated heterocycles. The highest BCUT2D eigenvalue weighted by Gasteiger charge is 1.94. The van der Waals surface area contributed by atoms with Crippen LogP contribution in [-0.4, -0.2) is 12.1 Å². The number of rotatable bonds is 3. The summed E-state index contributed by atoms with van der Waals surface area (Å²) in [6, 6.07) is 10.2. The average molecular weight is 151 g/mol. The molecule has 0 heterocycles. The molecule has 60 valence electrons. The topological polar surface area (TPSA) is 41.3 Å². The van der Waals surface area contributed by atoms with E-state index in [0.717, 1.165) is 6.54 Å². The van der Waals surface area contributed by atoms with Crippen LogP contribution in [0.5, 0.6) is 0 Å². The molecule has 3 N–H and O–H groups in total. The van der Waals surface area contributed by atoms with E-state index in [-0.39, 0.29) is 0 Å². The van der Waals surface area contributed by atoms with Gasteiger partial charge in [-0.05, 0) is 5.56 Å². The number of hydrogen-bond donors (Lipinski definition) is 2. The molecule has 1 aromatic rings. The fraction of sp³-hybridized carbons (Fsp3) is 0.250. The Hall–Kier alpha value is -0.900. The van der Waals surface area contributed by atoms with Gasteiger partial charge in [0.25, 0.3) is 0 Å². The Bertz CT molecular complexity index is 198. The maximum Gasteiger partial charge on any atom is 0.0391 e. The van der Waals surface area contributed by atoms with Gasteiger partial charge in [0, 0.05) is 13.6 Å². The van der Waals surface area contributed by atoms with Gasteiger partial charge in [-0.2, -0.15) is 5.53 Å². The van der Waals surface area contributed by atoms with Crippen molar-refractivity contribution >= 4 is 0 Å². The molecule has 3 heteroatoms. The molecule has 0 unspecified atom stereocenters. The van der Waals surface area contributed by atoms with E-state index in [9.17, 15) is 0 Å². The highest BCUT2D eigenvalue weighted by atomic mass is 15.6. The number of nitrogens with zero attached hydrogens (tertiary/aromatic N) is 1. The van der Waals surface area contributed by atoms with Gasteiger partial charge in [-0.1, -0.05) is 30.3 Å². The van der Waals surface area contributed by atoms with Crippen LogP contribution in [0.3, 0.4) is 0 Å². The van der Waals surface area contributed by atoms with Gasteiger partial charge in [0.15, 0.2) is 0 Å².